The molecule has 2 N–H and O–H groups in total. The van der Waals surface area contributed by atoms with Gasteiger partial charge in [-0.25, -0.2) is 4.39 Å². The average Bonchev–Trinajstić information content (AvgIpc) is 3.07. The molecule has 3 rings (SSSR count). The van der Waals surface area contributed by atoms with Gasteiger partial charge in [0.05, 0.1) is 24.8 Å². The summed E-state index contributed by atoms with van der Waals surface area (Å²) in [7, 11) is 0. The number of ether oxygens (including phenoxy) is 1. The number of nitrogens with two attached hydrogens (primary N) is 1. The van der Waals surface area contributed by atoms with Crippen LogP contribution in [-0.4, -0.2) is 17.8 Å². The predicted octanol–water partition coefficient (Wildman–Crippen LogP) is 2.69. The molecule has 0 amide bonds. The summed E-state index contributed by atoms with van der Waals surface area (Å²) in [5, 5.41) is 9.17. The normalized spacial score (nSPS) is 25.0. The molecule has 6 heteroatoms. The minimum atomic E-state index is -1.02. The standard InChI is InChI=1S/C15H13BrFN3O/c16-10-3-4-13(17)12(6-10)15(19)9-21-8-14(15)20-5-1-2-11(20)7-18/h1-6,14H,8-9,19H2/t14-,15+/m0/s1. The largest absolute Gasteiger partial charge is 0.377 e. The van der Waals surface area contributed by atoms with E-state index in [-0.39, 0.29) is 18.5 Å². The maximum atomic E-state index is 14.2. The van der Waals surface area contributed by atoms with Gasteiger partial charge in [0.1, 0.15) is 17.6 Å². The predicted molar refractivity (Wildman–Crippen MR) is 79.0 cm³/mol. The van der Waals surface area contributed by atoms with Gasteiger partial charge in [0, 0.05) is 16.2 Å². The molecule has 0 saturated carbocycles. The SMILES string of the molecule is N#Cc1cccn1[C@H]1COC[C@@]1(N)c1cc(Br)ccc1F. The van der Waals surface area contributed by atoms with Crippen LogP contribution in [0.25, 0.3) is 0 Å². The number of nitriles is 1. The number of hydrogen-bond donors (Lipinski definition) is 1. The van der Waals surface area contributed by atoms with Gasteiger partial charge in [-0.3, -0.25) is 0 Å². The van der Waals surface area contributed by atoms with Crippen molar-refractivity contribution in [2.45, 2.75) is 11.6 Å². The fourth-order valence-corrected chi connectivity index (χ4v) is 3.15. The first-order valence-corrected chi connectivity index (χ1v) is 7.24. The molecule has 0 radical (unpaired) electrons. The molecule has 108 valence electrons. The monoisotopic (exact) mass is 349 g/mol. The lowest BCUT2D eigenvalue weighted by atomic mass is 9.85. The van der Waals surface area contributed by atoms with E-state index in [0.29, 0.717) is 17.9 Å². The molecule has 21 heavy (non-hydrogen) atoms. The number of halogens is 2. The summed E-state index contributed by atoms with van der Waals surface area (Å²) < 4.78 is 22.3. The number of nitrogens with zero attached hydrogens (tertiary/aromatic N) is 2. The van der Waals surface area contributed by atoms with E-state index in [1.165, 1.54) is 6.07 Å². The third-order valence-electron chi connectivity index (χ3n) is 3.87. The molecule has 1 aromatic carbocycles. The molecule has 1 saturated heterocycles. The first kappa shape index (κ1) is 14.3. The van der Waals surface area contributed by atoms with Crippen LogP contribution in [-0.2, 0) is 10.3 Å². The molecule has 0 aliphatic carbocycles. The molecule has 1 fully saturated rings. The van der Waals surface area contributed by atoms with Crippen molar-refractivity contribution in [3.05, 3.63) is 58.1 Å². The van der Waals surface area contributed by atoms with Crippen LogP contribution in [0.15, 0.2) is 41.0 Å². The second-order valence-electron chi connectivity index (χ2n) is 5.11. The lowest BCUT2D eigenvalue weighted by Gasteiger charge is -2.31. The zero-order chi connectivity index (χ0) is 15.0. The van der Waals surface area contributed by atoms with Crippen LogP contribution in [0.3, 0.4) is 0 Å². The highest BCUT2D eigenvalue weighted by molar-refractivity contribution is 9.10. The molecule has 0 bridgehead atoms. The Morgan fingerprint density at radius 1 is 1.48 bits per heavy atom. The van der Waals surface area contributed by atoms with Crippen LogP contribution in [0.5, 0.6) is 0 Å². The lowest BCUT2D eigenvalue weighted by Crippen LogP contribution is -2.45. The Kier molecular flexibility index (Phi) is 3.57. The van der Waals surface area contributed by atoms with Gasteiger partial charge in [-0.15, -0.1) is 0 Å². The van der Waals surface area contributed by atoms with Gasteiger partial charge in [0.25, 0.3) is 0 Å². The van der Waals surface area contributed by atoms with Crippen molar-refractivity contribution < 1.29 is 9.13 Å². The van der Waals surface area contributed by atoms with E-state index in [4.69, 9.17) is 10.5 Å². The maximum absolute atomic E-state index is 14.2. The summed E-state index contributed by atoms with van der Waals surface area (Å²) in [5.74, 6) is -0.373. The summed E-state index contributed by atoms with van der Waals surface area (Å²) in [6.07, 6.45) is 1.77. The third kappa shape index (κ3) is 2.27. The van der Waals surface area contributed by atoms with Crippen LogP contribution in [0, 0.1) is 17.1 Å². The average molecular weight is 350 g/mol. The van der Waals surface area contributed by atoms with E-state index in [2.05, 4.69) is 22.0 Å². The Labute approximate surface area is 130 Å². The summed E-state index contributed by atoms with van der Waals surface area (Å²) in [6, 6.07) is 9.95. The van der Waals surface area contributed by atoms with Crippen LogP contribution >= 0.6 is 15.9 Å². The molecular weight excluding hydrogens is 337 g/mol. The first-order chi connectivity index (χ1) is 10.1. The fraction of sp³-hybridized carbons (Fsp3) is 0.267. The van der Waals surface area contributed by atoms with Gasteiger partial charge < -0.3 is 15.0 Å². The number of rotatable bonds is 2. The van der Waals surface area contributed by atoms with Crippen molar-refractivity contribution in [1.82, 2.24) is 4.57 Å². The van der Waals surface area contributed by atoms with E-state index in [1.807, 2.05) is 0 Å². The number of benzene rings is 1. The molecule has 2 heterocycles. The van der Waals surface area contributed by atoms with E-state index in [1.54, 1.807) is 35.0 Å². The van der Waals surface area contributed by atoms with Crippen molar-refractivity contribution in [2.75, 3.05) is 13.2 Å². The molecule has 0 spiro atoms. The van der Waals surface area contributed by atoms with Crippen LogP contribution in [0.4, 0.5) is 4.39 Å². The molecular formula is C15H13BrFN3O. The van der Waals surface area contributed by atoms with Crippen molar-refractivity contribution in [3.63, 3.8) is 0 Å². The Bertz CT molecular complexity index is 724. The van der Waals surface area contributed by atoms with Crippen molar-refractivity contribution in [1.29, 1.82) is 5.26 Å². The summed E-state index contributed by atoms with van der Waals surface area (Å²) >= 11 is 3.34. The second-order valence-corrected chi connectivity index (χ2v) is 6.02. The smallest absolute Gasteiger partial charge is 0.128 e. The van der Waals surface area contributed by atoms with Gasteiger partial charge in [0.15, 0.2) is 0 Å². The molecule has 1 aliphatic heterocycles. The van der Waals surface area contributed by atoms with Gasteiger partial charge in [-0.05, 0) is 30.3 Å². The Balaban J connectivity index is 2.11. The van der Waals surface area contributed by atoms with Gasteiger partial charge in [-0.1, -0.05) is 15.9 Å². The molecule has 4 nitrogen and oxygen atoms in total. The van der Waals surface area contributed by atoms with Crippen molar-refractivity contribution >= 4 is 15.9 Å². The lowest BCUT2D eigenvalue weighted by molar-refractivity contribution is 0.175. The van der Waals surface area contributed by atoms with Gasteiger partial charge in [-0.2, -0.15) is 5.26 Å². The second kappa shape index (κ2) is 5.26. The van der Waals surface area contributed by atoms with Gasteiger partial charge in [0.2, 0.25) is 0 Å². The highest BCUT2D eigenvalue weighted by atomic mass is 79.9. The Hall–Kier alpha value is -1.68. The minimum Gasteiger partial charge on any atom is -0.377 e. The summed E-state index contributed by atoms with van der Waals surface area (Å²) in [5.41, 5.74) is 6.35. The quantitative estimate of drug-likeness (QED) is 0.906. The Morgan fingerprint density at radius 2 is 2.29 bits per heavy atom. The van der Waals surface area contributed by atoms with Crippen LogP contribution < -0.4 is 5.73 Å². The summed E-state index contributed by atoms with van der Waals surface area (Å²) in [4.78, 5) is 0. The van der Waals surface area contributed by atoms with Crippen molar-refractivity contribution in [2.24, 2.45) is 5.73 Å². The maximum Gasteiger partial charge on any atom is 0.128 e. The fourth-order valence-electron chi connectivity index (χ4n) is 2.78. The van der Waals surface area contributed by atoms with E-state index in [9.17, 15) is 9.65 Å². The number of hydrogen-bond acceptors (Lipinski definition) is 3. The molecule has 1 aliphatic rings. The van der Waals surface area contributed by atoms with Crippen LogP contribution in [0.1, 0.15) is 17.3 Å². The molecule has 0 unspecified atom stereocenters. The molecule has 1 aromatic heterocycles. The van der Waals surface area contributed by atoms with Crippen molar-refractivity contribution in [3.8, 4) is 6.07 Å². The first-order valence-electron chi connectivity index (χ1n) is 6.45. The molecule has 2 atom stereocenters. The summed E-state index contributed by atoms with van der Waals surface area (Å²) in [6.45, 7) is 0.542. The third-order valence-corrected chi connectivity index (χ3v) is 4.36. The Morgan fingerprint density at radius 3 is 3.05 bits per heavy atom. The van der Waals surface area contributed by atoms with E-state index < -0.39 is 5.54 Å². The van der Waals surface area contributed by atoms with Gasteiger partial charge >= 0.3 is 0 Å². The topological polar surface area (TPSA) is 64.0 Å². The highest BCUT2D eigenvalue weighted by Crippen LogP contribution is 2.39. The van der Waals surface area contributed by atoms with Crippen LogP contribution in [0.2, 0.25) is 0 Å². The zero-order valence-corrected chi connectivity index (χ0v) is 12.7. The van der Waals surface area contributed by atoms with E-state index in [0.717, 1.165) is 4.47 Å². The zero-order valence-electron chi connectivity index (χ0n) is 11.1. The molecule has 2 aromatic rings. The minimum absolute atomic E-state index is 0.202. The van der Waals surface area contributed by atoms with E-state index >= 15 is 0 Å². The highest BCUT2D eigenvalue weighted by Gasteiger charge is 2.45. The number of aromatic nitrogens is 1.